The number of hydrogen-bond donors (Lipinski definition) is 1. The van der Waals surface area contributed by atoms with Crippen LogP contribution in [0.15, 0.2) is 12.3 Å². The fourth-order valence-electron chi connectivity index (χ4n) is 3.01. The van der Waals surface area contributed by atoms with E-state index in [1.807, 2.05) is 13.0 Å². The van der Waals surface area contributed by atoms with Gasteiger partial charge in [0.25, 0.3) is 0 Å². The van der Waals surface area contributed by atoms with E-state index in [1.165, 1.54) is 6.42 Å². The van der Waals surface area contributed by atoms with Crippen LogP contribution in [0.3, 0.4) is 0 Å². The first-order valence-corrected chi connectivity index (χ1v) is 6.14. The van der Waals surface area contributed by atoms with Crippen molar-refractivity contribution in [3.05, 3.63) is 23.4 Å². The average molecular weight is 228 g/mol. The molecule has 1 aromatic heterocycles. The maximum atomic E-state index is 9.27. The van der Waals surface area contributed by atoms with Gasteiger partial charge in [0, 0.05) is 31.9 Å². The Morgan fingerprint density at radius 3 is 3.24 bits per heavy atom. The van der Waals surface area contributed by atoms with Gasteiger partial charge < -0.3 is 10.2 Å². The minimum Gasteiger partial charge on any atom is -0.351 e. The van der Waals surface area contributed by atoms with Crippen LogP contribution in [-0.2, 0) is 0 Å². The van der Waals surface area contributed by atoms with Crippen molar-refractivity contribution in [1.29, 1.82) is 5.26 Å². The normalized spacial score (nSPS) is 26.9. The predicted molar refractivity (Wildman–Crippen MR) is 65.8 cm³/mol. The maximum absolute atomic E-state index is 9.27. The third-order valence-electron chi connectivity index (χ3n) is 3.97. The van der Waals surface area contributed by atoms with Crippen molar-refractivity contribution in [2.45, 2.75) is 19.4 Å². The van der Waals surface area contributed by atoms with Crippen molar-refractivity contribution >= 4 is 5.82 Å². The molecule has 2 aliphatic heterocycles. The summed E-state index contributed by atoms with van der Waals surface area (Å²) >= 11 is 0. The van der Waals surface area contributed by atoms with E-state index in [0.717, 1.165) is 42.5 Å². The second-order valence-corrected chi connectivity index (χ2v) is 4.91. The molecule has 1 N–H and O–H groups in total. The highest BCUT2D eigenvalue weighted by Gasteiger charge is 2.38. The number of nitrogens with one attached hydrogen (secondary N) is 1. The fourth-order valence-corrected chi connectivity index (χ4v) is 3.01. The lowest BCUT2D eigenvalue weighted by Crippen LogP contribution is -2.35. The average Bonchev–Trinajstić information content (AvgIpc) is 2.90. The number of aryl methyl sites for hydroxylation is 1. The highest BCUT2D eigenvalue weighted by atomic mass is 15.3. The standard InChI is InChI=1S/C13H16N4/c1-9-2-4-16-13(11(9)6-14)17-5-3-10-7-15-8-12(10)17/h2,4,10,12,15H,3,5,7-8H2,1H3/t10-,12+/m0/s1. The molecule has 3 rings (SSSR count). The van der Waals surface area contributed by atoms with E-state index in [1.54, 1.807) is 6.20 Å². The molecule has 1 aromatic rings. The van der Waals surface area contributed by atoms with Gasteiger partial charge in [0.2, 0.25) is 0 Å². The molecule has 4 nitrogen and oxygen atoms in total. The molecule has 0 spiro atoms. The van der Waals surface area contributed by atoms with Crippen LogP contribution in [0.5, 0.6) is 0 Å². The Labute approximate surface area is 101 Å². The SMILES string of the molecule is Cc1ccnc(N2CC[C@H]3CNC[C@H]32)c1C#N. The highest BCUT2D eigenvalue weighted by molar-refractivity contribution is 5.58. The van der Waals surface area contributed by atoms with Crippen molar-refractivity contribution in [1.82, 2.24) is 10.3 Å². The Morgan fingerprint density at radius 2 is 2.41 bits per heavy atom. The lowest BCUT2D eigenvalue weighted by molar-refractivity contribution is 0.577. The summed E-state index contributed by atoms with van der Waals surface area (Å²) in [7, 11) is 0. The van der Waals surface area contributed by atoms with Crippen LogP contribution in [0.4, 0.5) is 5.82 Å². The molecule has 88 valence electrons. The van der Waals surface area contributed by atoms with Crippen molar-refractivity contribution in [3.63, 3.8) is 0 Å². The lowest BCUT2D eigenvalue weighted by atomic mass is 10.0. The van der Waals surface area contributed by atoms with Gasteiger partial charge in [-0.05, 0) is 30.9 Å². The molecule has 0 bridgehead atoms. The van der Waals surface area contributed by atoms with Crippen LogP contribution in [0.1, 0.15) is 17.5 Å². The molecular formula is C13H16N4. The van der Waals surface area contributed by atoms with Gasteiger partial charge in [0.1, 0.15) is 11.9 Å². The van der Waals surface area contributed by atoms with Crippen LogP contribution < -0.4 is 10.2 Å². The molecule has 0 radical (unpaired) electrons. The summed E-state index contributed by atoms with van der Waals surface area (Å²) in [4.78, 5) is 6.74. The van der Waals surface area contributed by atoms with Gasteiger partial charge in [-0.1, -0.05) is 0 Å². The summed E-state index contributed by atoms with van der Waals surface area (Å²) in [6.45, 7) is 5.13. The van der Waals surface area contributed by atoms with Crippen LogP contribution in [0.25, 0.3) is 0 Å². The zero-order chi connectivity index (χ0) is 11.8. The Bertz CT molecular complexity index is 477. The smallest absolute Gasteiger partial charge is 0.147 e. The summed E-state index contributed by atoms with van der Waals surface area (Å²) in [5.74, 6) is 1.60. The summed E-state index contributed by atoms with van der Waals surface area (Å²) in [5.41, 5.74) is 1.76. The molecule has 2 aliphatic rings. The molecule has 0 aromatic carbocycles. The third kappa shape index (κ3) is 1.58. The van der Waals surface area contributed by atoms with Gasteiger partial charge in [-0.2, -0.15) is 5.26 Å². The second kappa shape index (κ2) is 4.01. The Balaban J connectivity index is 2.00. The minimum atomic E-state index is 0.524. The Hall–Kier alpha value is -1.60. The van der Waals surface area contributed by atoms with E-state index in [-0.39, 0.29) is 0 Å². The topological polar surface area (TPSA) is 52.0 Å². The maximum Gasteiger partial charge on any atom is 0.147 e. The largest absolute Gasteiger partial charge is 0.351 e. The second-order valence-electron chi connectivity index (χ2n) is 4.91. The van der Waals surface area contributed by atoms with E-state index in [4.69, 9.17) is 0 Å². The number of fused-ring (bicyclic) bond motifs is 1. The molecule has 0 saturated carbocycles. The van der Waals surface area contributed by atoms with E-state index in [0.29, 0.717) is 6.04 Å². The number of rotatable bonds is 1. The van der Waals surface area contributed by atoms with Gasteiger partial charge in [0.15, 0.2) is 0 Å². The lowest BCUT2D eigenvalue weighted by Gasteiger charge is -2.25. The first-order chi connectivity index (χ1) is 8.31. The van der Waals surface area contributed by atoms with Crippen LogP contribution in [0, 0.1) is 24.2 Å². The summed E-state index contributed by atoms with van der Waals surface area (Å²) in [6, 6.07) is 4.73. The molecular weight excluding hydrogens is 212 g/mol. The molecule has 2 saturated heterocycles. The fraction of sp³-hybridized carbons (Fsp3) is 0.538. The van der Waals surface area contributed by atoms with Gasteiger partial charge in [-0.15, -0.1) is 0 Å². The molecule has 0 amide bonds. The first-order valence-electron chi connectivity index (χ1n) is 6.14. The van der Waals surface area contributed by atoms with Crippen molar-refractivity contribution in [2.75, 3.05) is 24.5 Å². The monoisotopic (exact) mass is 228 g/mol. The molecule has 0 aliphatic carbocycles. The molecule has 2 fully saturated rings. The highest BCUT2D eigenvalue weighted by Crippen LogP contribution is 2.33. The summed E-state index contributed by atoms with van der Waals surface area (Å²) in [6.07, 6.45) is 3.01. The van der Waals surface area contributed by atoms with Gasteiger partial charge in [0.05, 0.1) is 5.56 Å². The zero-order valence-corrected chi connectivity index (χ0v) is 9.98. The Morgan fingerprint density at radius 1 is 1.53 bits per heavy atom. The predicted octanol–water partition coefficient (Wildman–Crippen LogP) is 1.06. The van der Waals surface area contributed by atoms with Gasteiger partial charge in [-0.25, -0.2) is 4.98 Å². The van der Waals surface area contributed by atoms with E-state index in [2.05, 4.69) is 21.3 Å². The van der Waals surface area contributed by atoms with E-state index < -0.39 is 0 Å². The van der Waals surface area contributed by atoms with Crippen molar-refractivity contribution < 1.29 is 0 Å². The molecule has 3 heterocycles. The number of hydrogen-bond acceptors (Lipinski definition) is 4. The zero-order valence-electron chi connectivity index (χ0n) is 9.98. The molecule has 17 heavy (non-hydrogen) atoms. The molecule has 4 heteroatoms. The van der Waals surface area contributed by atoms with Crippen LogP contribution in [0.2, 0.25) is 0 Å². The minimum absolute atomic E-state index is 0.524. The molecule has 0 unspecified atom stereocenters. The number of aromatic nitrogens is 1. The molecule has 2 atom stereocenters. The number of anilines is 1. The van der Waals surface area contributed by atoms with Crippen molar-refractivity contribution in [3.8, 4) is 6.07 Å². The van der Waals surface area contributed by atoms with Gasteiger partial charge in [-0.3, -0.25) is 0 Å². The van der Waals surface area contributed by atoms with Crippen molar-refractivity contribution in [2.24, 2.45) is 5.92 Å². The Kier molecular flexibility index (Phi) is 2.49. The van der Waals surface area contributed by atoms with E-state index >= 15 is 0 Å². The van der Waals surface area contributed by atoms with Gasteiger partial charge >= 0.3 is 0 Å². The van der Waals surface area contributed by atoms with Crippen LogP contribution in [-0.4, -0.2) is 30.7 Å². The number of nitrogens with zero attached hydrogens (tertiary/aromatic N) is 3. The summed E-state index contributed by atoms with van der Waals surface area (Å²) in [5, 5.41) is 12.7. The number of pyridine rings is 1. The third-order valence-corrected chi connectivity index (χ3v) is 3.97. The quantitative estimate of drug-likeness (QED) is 0.781. The van der Waals surface area contributed by atoms with Crippen LogP contribution >= 0.6 is 0 Å². The first kappa shape index (κ1) is 10.5. The van der Waals surface area contributed by atoms with E-state index in [9.17, 15) is 5.26 Å². The number of nitriles is 1. The summed E-state index contributed by atoms with van der Waals surface area (Å²) < 4.78 is 0.